The van der Waals surface area contributed by atoms with Crippen LogP contribution in [0.4, 0.5) is 0 Å². The summed E-state index contributed by atoms with van der Waals surface area (Å²) in [4.78, 5) is 0. The van der Waals surface area contributed by atoms with E-state index in [0.29, 0.717) is 6.61 Å². The molecule has 1 unspecified atom stereocenters. The van der Waals surface area contributed by atoms with Crippen molar-refractivity contribution in [2.75, 3.05) is 13.2 Å². The van der Waals surface area contributed by atoms with E-state index in [1.54, 1.807) is 0 Å². The van der Waals surface area contributed by atoms with Crippen LogP contribution in [0.1, 0.15) is 88.0 Å². The van der Waals surface area contributed by atoms with Gasteiger partial charge in [-0.1, -0.05) is 62.4 Å². The van der Waals surface area contributed by atoms with Gasteiger partial charge in [-0.25, -0.2) is 0 Å². The minimum Gasteiger partial charge on any atom is -0.487 e. The van der Waals surface area contributed by atoms with Crippen molar-refractivity contribution in [2.45, 2.75) is 94.9 Å². The number of aliphatic hydroxyl groups excluding tert-OH is 1. The van der Waals surface area contributed by atoms with Gasteiger partial charge in [-0.2, -0.15) is 0 Å². The van der Waals surface area contributed by atoms with Crippen molar-refractivity contribution in [2.24, 2.45) is 11.8 Å². The van der Waals surface area contributed by atoms with Crippen molar-refractivity contribution >= 4 is 0 Å². The van der Waals surface area contributed by atoms with Crippen molar-refractivity contribution in [1.29, 1.82) is 0 Å². The summed E-state index contributed by atoms with van der Waals surface area (Å²) >= 11 is 0. The second-order valence-corrected chi connectivity index (χ2v) is 11.7. The molecular formula is C31H41NO3. The Bertz CT molecular complexity index is 985. The molecule has 188 valence electrons. The average molecular weight is 476 g/mol. The molecule has 4 heteroatoms. The van der Waals surface area contributed by atoms with Gasteiger partial charge in [0.1, 0.15) is 17.6 Å². The molecule has 2 saturated carbocycles. The Morgan fingerprint density at radius 1 is 0.886 bits per heavy atom. The van der Waals surface area contributed by atoms with Crippen LogP contribution in [0.25, 0.3) is 11.1 Å². The molecule has 2 aliphatic heterocycles. The van der Waals surface area contributed by atoms with Crippen LogP contribution >= 0.6 is 0 Å². The fourth-order valence-electron chi connectivity index (χ4n) is 6.64. The Morgan fingerprint density at radius 2 is 1.63 bits per heavy atom. The van der Waals surface area contributed by atoms with Gasteiger partial charge < -0.3 is 14.6 Å². The molecule has 0 bridgehead atoms. The lowest BCUT2D eigenvalue weighted by Crippen LogP contribution is -2.43. The van der Waals surface area contributed by atoms with E-state index >= 15 is 0 Å². The van der Waals surface area contributed by atoms with Crippen LogP contribution in [0.2, 0.25) is 0 Å². The normalized spacial score (nSPS) is 29.4. The third-order valence-electron chi connectivity index (χ3n) is 9.34. The number of fused-ring (bicyclic) bond motifs is 1. The number of ether oxygens (including phenoxy) is 2. The first-order valence-electron chi connectivity index (χ1n) is 14.1. The van der Waals surface area contributed by atoms with E-state index in [1.807, 2.05) is 12.1 Å². The van der Waals surface area contributed by atoms with Gasteiger partial charge in [-0.3, -0.25) is 5.32 Å². The number of aryl methyl sites for hydroxylation is 1. The van der Waals surface area contributed by atoms with Gasteiger partial charge >= 0.3 is 0 Å². The summed E-state index contributed by atoms with van der Waals surface area (Å²) in [6.45, 7) is 1.45. The lowest BCUT2D eigenvalue weighted by molar-refractivity contribution is -0.00452. The predicted octanol–water partition coefficient (Wildman–Crippen LogP) is 6.56. The zero-order valence-electron chi connectivity index (χ0n) is 21.0. The van der Waals surface area contributed by atoms with Crippen LogP contribution in [0.15, 0.2) is 42.5 Å². The molecule has 0 amide bonds. The third kappa shape index (κ3) is 5.30. The molecule has 2 heterocycles. The highest BCUT2D eigenvalue weighted by atomic mass is 16.5. The molecule has 2 aromatic carbocycles. The Kier molecular flexibility index (Phi) is 6.88. The summed E-state index contributed by atoms with van der Waals surface area (Å²) in [6, 6.07) is 15.2. The Hall–Kier alpha value is -1.88. The highest BCUT2D eigenvalue weighted by Gasteiger charge is 2.40. The first-order valence-corrected chi connectivity index (χ1v) is 14.1. The van der Waals surface area contributed by atoms with Crippen LogP contribution in [-0.2, 0) is 11.2 Å². The van der Waals surface area contributed by atoms with Crippen LogP contribution < -0.4 is 10.1 Å². The smallest absolute Gasteiger partial charge is 0.131 e. The molecular weight excluding hydrogens is 434 g/mol. The predicted molar refractivity (Wildman–Crippen MR) is 139 cm³/mol. The maximum absolute atomic E-state index is 10.5. The van der Waals surface area contributed by atoms with Gasteiger partial charge in [0.05, 0.1) is 6.61 Å². The number of rotatable bonds is 7. The van der Waals surface area contributed by atoms with E-state index in [9.17, 15) is 5.11 Å². The van der Waals surface area contributed by atoms with Crippen molar-refractivity contribution in [3.63, 3.8) is 0 Å². The monoisotopic (exact) mass is 475 g/mol. The molecule has 4 nitrogen and oxygen atoms in total. The van der Waals surface area contributed by atoms with E-state index in [2.05, 4.69) is 35.6 Å². The first-order chi connectivity index (χ1) is 17.2. The summed E-state index contributed by atoms with van der Waals surface area (Å²) in [6.07, 6.45) is 15.1. The Morgan fingerprint density at radius 3 is 2.31 bits per heavy atom. The number of nitrogens with one attached hydrogen (secondary N) is 1. The zero-order valence-corrected chi connectivity index (χ0v) is 21.0. The van der Waals surface area contributed by atoms with Gasteiger partial charge in [0.15, 0.2) is 0 Å². The van der Waals surface area contributed by atoms with Gasteiger partial charge in [0, 0.05) is 12.6 Å². The molecule has 4 aliphatic rings. The topological polar surface area (TPSA) is 50.7 Å². The number of hydrogen-bond donors (Lipinski definition) is 2. The van der Waals surface area contributed by atoms with Gasteiger partial charge in [0.2, 0.25) is 0 Å². The van der Waals surface area contributed by atoms with E-state index in [4.69, 9.17) is 9.47 Å². The average Bonchev–Trinajstić information content (AvgIpc) is 3.37. The quantitative estimate of drug-likeness (QED) is 0.446. The molecule has 2 N–H and O–H groups in total. The molecule has 1 saturated heterocycles. The summed E-state index contributed by atoms with van der Waals surface area (Å²) in [5.74, 6) is 3.07. The maximum atomic E-state index is 10.5. The Balaban J connectivity index is 1.06. The van der Waals surface area contributed by atoms with E-state index in [0.717, 1.165) is 49.0 Å². The number of benzene rings is 2. The van der Waals surface area contributed by atoms with Crippen LogP contribution in [0.5, 0.6) is 5.75 Å². The zero-order chi connectivity index (χ0) is 23.7. The SMILES string of the molecule is OC(N[C@@H]1CCOC1)c1ccc(-c2ccc3c(c2)CCC2(CCC(CCC4CCC4)CC2)O3)cc1. The number of aliphatic hydroxyl groups is 1. The lowest BCUT2D eigenvalue weighted by Gasteiger charge is -2.44. The summed E-state index contributed by atoms with van der Waals surface area (Å²) in [5, 5.41) is 13.8. The van der Waals surface area contributed by atoms with Gasteiger partial charge in [-0.15, -0.1) is 0 Å². The van der Waals surface area contributed by atoms with Crippen molar-refractivity contribution in [3.8, 4) is 16.9 Å². The Labute approximate surface area is 210 Å². The molecule has 0 radical (unpaired) electrons. The summed E-state index contributed by atoms with van der Waals surface area (Å²) < 4.78 is 12.1. The molecule has 35 heavy (non-hydrogen) atoms. The van der Waals surface area contributed by atoms with Crippen molar-refractivity contribution < 1.29 is 14.6 Å². The maximum Gasteiger partial charge on any atom is 0.131 e. The minimum atomic E-state index is -0.655. The highest BCUT2D eigenvalue weighted by Crippen LogP contribution is 2.45. The van der Waals surface area contributed by atoms with E-state index in [1.165, 1.54) is 74.5 Å². The minimum absolute atomic E-state index is 0.0800. The molecule has 2 aromatic rings. The van der Waals surface area contributed by atoms with E-state index < -0.39 is 6.23 Å². The molecule has 1 spiro atoms. The lowest BCUT2D eigenvalue weighted by atomic mass is 9.72. The molecule has 2 aliphatic carbocycles. The van der Waals surface area contributed by atoms with Crippen LogP contribution in [0.3, 0.4) is 0 Å². The number of hydrogen-bond acceptors (Lipinski definition) is 4. The first kappa shape index (κ1) is 23.5. The molecule has 3 fully saturated rings. The van der Waals surface area contributed by atoms with Crippen LogP contribution in [-0.4, -0.2) is 30.0 Å². The highest BCUT2D eigenvalue weighted by molar-refractivity contribution is 5.66. The fourth-order valence-corrected chi connectivity index (χ4v) is 6.64. The standard InChI is InChI=1S/C31H41NO3/c33-30(32-28-15-19-34-21-28)25-8-6-24(7-9-25)26-10-11-29-27(20-26)14-18-31(35-29)16-12-23(13-17-31)5-4-22-2-1-3-22/h6-11,20,22-23,28,30,32-33H,1-5,12-19,21H2/t23?,28-,30?,31?/m1/s1. The summed E-state index contributed by atoms with van der Waals surface area (Å²) in [5.41, 5.74) is 4.72. The fraction of sp³-hybridized carbons (Fsp3) is 0.613. The third-order valence-corrected chi connectivity index (χ3v) is 9.34. The molecule has 0 aromatic heterocycles. The van der Waals surface area contributed by atoms with Gasteiger partial charge in [-0.05, 0) is 91.2 Å². The van der Waals surface area contributed by atoms with Crippen molar-refractivity contribution in [3.05, 3.63) is 53.6 Å². The van der Waals surface area contributed by atoms with Gasteiger partial charge in [0.25, 0.3) is 0 Å². The van der Waals surface area contributed by atoms with Crippen molar-refractivity contribution in [1.82, 2.24) is 5.32 Å². The molecule has 6 rings (SSSR count). The van der Waals surface area contributed by atoms with E-state index in [-0.39, 0.29) is 11.6 Å². The second-order valence-electron chi connectivity index (χ2n) is 11.7. The largest absolute Gasteiger partial charge is 0.487 e. The summed E-state index contributed by atoms with van der Waals surface area (Å²) in [7, 11) is 0. The van der Waals surface area contributed by atoms with Crippen LogP contribution in [0, 0.1) is 11.8 Å². The molecule has 2 atom stereocenters. The second kappa shape index (κ2) is 10.2.